The number of benzene rings is 10. The Balaban J connectivity index is 1.07. The summed E-state index contributed by atoms with van der Waals surface area (Å²) in [5.41, 5.74) is 11.3. The highest BCUT2D eigenvalue weighted by Gasteiger charge is 2.22. The minimum absolute atomic E-state index is 1.09. The molecular weight excluding hydrogens is 789 g/mol. The van der Waals surface area contributed by atoms with Crippen LogP contribution in [0.1, 0.15) is 0 Å². The molecule has 0 aliphatic rings. The van der Waals surface area contributed by atoms with Crippen molar-refractivity contribution in [3.05, 3.63) is 231 Å². The van der Waals surface area contributed by atoms with Crippen molar-refractivity contribution in [1.29, 1.82) is 0 Å². The third-order valence-electron chi connectivity index (χ3n) is 12.0. The lowest BCUT2D eigenvalue weighted by Gasteiger charge is -2.31. The van der Waals surface area contributed by atoms with Crippen LogP contribution in [0, 0.1) is 0 Å². The van der Waals surface area contributed by atoms with Crippen LogP contribution in [0.4, 0.5) is 34.1 Å². The summed E-state index contributed by atoms with van der Waals surface area (Å²) in [5.74, 6) is 0. The Morgan fingerprint density at radius 3 is 1.53 bits per heavy atom. The van der Waals surface area contributed by atoms with Crippen molar-refractivity contribution in [2.45, 2.75) is 0 Å². The highest BCUT2D eigenvalue weighted by atomic mass is 32.1. The molecule has 2 aromatic heterocycles. The summed E-state index contributed by atoms with van der Waals surface area (Å²) in [6, 6.07) is 84.3. The molecule has 62 heavy (non-hydrogen) atoms. The minimum atomic E-state index is 1.09. The van der Waals surface area contributed by atoms with E-state index in [-0.39, 0.29) is 0 Å². The highest BCUT2D eigenvalue weighted by Crippen LogP contribution is 2.47. The van der Waals surface area contributed by atoms with E-state index in [9.17, 15) is 0 Å². The molecule has 12 rings (SSSR count). The molecule has 2 nitrogen and oxygen atoms in total. The summed E-state index contributed by atoms with van der Waals surface area (Å²) in [4.78, 5) is 4.82. The molecule has 0 fully saturated rings. The topological polar surface area (TPSA) is 6.48 Å². The number of fused-ring (bicyclic) bond motifs is 7. The van der Waals surface area contributed by atoms with E-state index in [1.165, 1.54) is 67.8 Å². The van der Waals surface area contributed by atoms with E-state index >= 15 is 0 Å². The fourth-order valence-corrected chi connectivity index (χ4v) is 11.4. The molecule has 0 amide bonds. The predicted molar refractivity (Wildman–Crippen MR) is 270 cm³/mol. The van der Waals surface area contributed by atoms with Gasteiger partial charge in [-0.25, -0.2) is 0 Å². The van der Waals surface area contributed by atoms with Crippen LogP contribution in [0.5, 0.6) is 0 Å². The third-order valence-corrected chi connectivity index (χ3v) is 14.3. The van der Waals surface area contributed by atoms with Gasteiger partial charge in [-0.2, -0.15) is 0 Å². The smallest absolute Gasteiger partial charge is 0.0541 e. The third kappa shape index (κ3) is 6.31. The fraction of sp³-hybridized carbons (Fsp3) is 0. The monoisotopic (exact) mass is 826 g/mol. The first-order valence-electron chi connectivity index (χ1n) is 21.0. The van der Waals surface area contributed by atoms with E-state index in [0.717, 1.165) is 39.7 Å². The van der Waals surface area contributed by atoms with Crippen LogP contribution >= 0.6 is 22.7 Å². The van der Waals surface area contributed by atoms with Gasteiger partial charge in [0.2, 0.25) is 0 Å². The number of nitrogens with zero attached hydrogens (tertiary/aromatic N) is 2. The number of hydrogen-bond donors (Lipinski definition) is 0. The van der Waals surface area contributed by atoms with Crippen molar-refractivity contribution < 1.29 is 0 Å². The second-order valence-electron chi connectivity index (χ2n) is 15.7. The van der Waals surface area contributed by atoms with Crippen molar-refractivity contribution >= 4 is 108 Å². The summed E-state index contributed by atoms with van der Waals surface area (Å²) in [6.07, 6.45) is 0. The van der Waals surface area contributed by atoms with Gasteiger partial charge >= 0.3 is 0 Å². The van der Waals surface area contributed by atoms with Gasteiger partial charge in [0.1, 0.15) is 0 Å². The van der Waals surface area contributed by atoms with Crippen LogP contribution in [0.2, 0.25) is 0 Å². The van der Waals surface area contributed by atoms with Gasteiger partial charge in [0.05, 0.1) is 5.69 Å². The first-order chi connectivity index (χ1) is 30.7. The van der Waals surface area contributed by atoms with E-state index in [0.29, 0.717) is 0 Å². The molecule has 10 aromatic carbocycles. The summed E-state index contributed by atoms with van der Waals surface area (Å²) in [5, 5.41) is 7.66. The maximum atomic E-state index is 2.41. The Hall–Kier alpha value is -7.50. The van der Waals surface area contributed by atoms with Gasteiger partial charge in [-0.15, -0.1) is 22.7 Å². The molecule has 0 unspecified atom stereocenters. The fourth-order valence-electron chi connectivity index (χ4n) is 9.13. The average Bonchev–Trinajstić information content (AvgIpc) is 3.90. The first kappa shape index (κ1) is 36.4. The van der Waals surface area contributed by atoms with E-state index in [2.05, 4.69) is 240 Å². The van der Waals surface area contributed by atoms with E-state index in [1.807, 2.05) is 22.7 Å². The standard InChI is InChI=1S/C58H38N2S2/c1-3-16-42(17-4-1)59(46-31-33-51-49-21-9-11-24-55(49)62-58(51)38-46)45-32-34-54(52(37-45)41-28-35-57-53(36-41)50-22-10-12-25-56(50)61-57)60(43-18-5-2-6-19-43)44-29-26-40(27-30-44)48-23-13-15-39-14-7-8-20-47(39)48/h1-38H. The Bertz CT molecular complexity index is 3580. The van der Waals surface area contributed by atoms with Gasteiger partial charge in [-0.05, 0) is 118 Å². The van der Waals surface area contributed by atoms with Crippen LogP contribution in [0.15, 0.2) is 231 Å². The summed E-state index contributed by atoms with van der Waals surface area (Å²) in [6.45, 7) is 0. The molecule has 0 aliphatic carbocycles. The lowest BCUT2D eigenvalue weighted by Crippen LogP contribution is -2.13. The van der Waals surface area contributed by atoms with Gasteiger partial charge in [0.25, 0.3) is 0 Å². The molecule has 0 spiro atoms. The number of rotatable bonds is 8. The molecule has 0 saturated carbocycles. The van der Waals surface area contributed by atoms with Gasteiger partial charge in [0.15, 0.2) is 0 Å². The molecule has 0 aliphatic heterocycles. The molecular formula is C58H38N2S2. The zero-order chi connectivity index (χ0) is 41.0. The summed E-state index contributed by atoms with van der Waals surface area (Å²) in [7, 11) is 0. The Kier molecular flexibility index (Phi) is 8.91. The normalized spacial score (nSPS) is 11.5. The van der Waals surface area contributed by atoms with Gasteiger partial charge < -0.3 is 9.80 Å². The zero-order valence-electron chi connectivity index (χ0n) is 33.7. The van der Waals surface area contributed by atoms with E-state index in [4.69, 9.17) is 0 Å². The Morgan fingerprint density at radius 2 is 0.774 bits per heavy atom. The Morgan fingerprint density at radius 1 is 0.258 bits per heavy atom. The molecule has 292 valence electrons. The predicted octanol–water partition coefficient (Wildman–Crippen LogP) is 17.8. The Labute approximate surface area is 368 Å². The maximum Gasteiger partial charge on any atom is 0.0541 e. The number of hydrogen-bond acceptors (Lipinski definition) is 4. The molecule has 0 bridgehead atoms. The largest absolute Gasteiger partial charge is 0.310 e. The van der Waals surface area contributed by atoms with Crippen molar-refractivity contribution in [3.63, 3.8) is 0 Å². The van der Waals surface area contributed by atoms with Gasteiger partial charge in [-0.3, -0.25) is 0 Å². The van der Waals surface area contributed by atoms with Crippen LogP contribution in [-0.4, -0.2) is 0 Å². The van der Waals surface area contributed by atoms with E-state index in [1.54, 1.807) is 0 Å². The van der Waals surface area contributed by atoms with Crippen LogP contribution in [0.25, 0.3) is 73.4 Å². The quantitative estimate of drug-likeness (QED) is 0.151. The lowest BCUT2D eigenvalue weighted by molar-refractivity contribution is 1.26. The molecule has 4 heteroatoms. The van der Waals surface area contributed by atoms with Gasteiger partial charge in [0, 0.05) is 74.3 Å². The average molecular weight is 827 g/mol. The van der Waals surface area contributed by atoms with Crippen LogP contribution in [0.3, 0.4) is 0 Å². The van der Waals surface area contributed by atoms with Gasteiger partial charge in [-0.1, -0.05) is 140 Å². The highest BCUT2D eigenvalue weighted by molar-refractivity contribution is 7.26. The maximum absolute atomic E-state index is 2.41. The molecule has 2 heterocycles. The minimum Gasteiger partial charge on any atom is -0.310 e. The number of thiophene rings is 2. The molecule has 0 radical (unpaired) electrons. The molecule has 0 atom stereocenters. The van der Waals surface area contributed by atoms with Crippen molar-refractivity contribution in [2.75, 3.05) is 9.80 Å². The van der Waals surface area contributed by atoms with Crippen LogP contribution in [-0.2, 0) is 0 Å². The second kappa shape index (κ2) is 15.2. The number of para-hydroxylation sites is 2. The molecule has 0 saturated heterocycles. The van der Waals surface area contributed by atoms with E-state index < -0.39 is 0 Å². The zero-order valence-corrected chi connectivity index (χ0v) is 35.3. The molecule has 12 aromatic rings. The van der Waals surface area contributed by atoms with Crippen molar-refractivity contribution in [1.82, 2.24) is 0 Å². The molecule has 0 N–H and O–H groups in total. The first-order valence-corrected chi connectivity index (χ1v) is 22.6. The van der Waals surface area contributed by atoms with Crippen molar-refractivity contribution in [3.8, 4) is 22.3 Å². The SMILES string of the molecule is c1ccc(N(c2ccc(N(c3ccccc3)c3ccc(-c4cccc5ccccc45)cc3)c(-c3ccc4sc5ccccc5c4c3)c2)c2ccc3c(c2)sc2ccccc23)cc1. The number of anilines is 6. The van der Waals surface area contributed by atoms with Crippen molar-refractivity contribution in [2.24, 2.45) is 0 Å². The second-order valence-corrected chi connectivity index (χ2v) is 17.9. The summed E-state index contributed by atoms with van der Waals surface area (Å²) >= 11 is 3.71. The van der Waals surface area contributed by atoms with Crippen LogP contribution < -0.4 is 9.80 Å². The summed E-state index contributed by atoms with van der Waals surface area (Å²) < 4.78 is 5.18. The lowest BCUT2D eigenvalue weighted by atomic mass is 9.97.